The van der Waals surface area contributed by atoms with Crippen LogP contribution < -0.4 is 11.1 Å². The molecular formula is C11H21N3O2. The number of nitrogens with two attached hydrogens (primary N) is 1. The molecule has 0 bridgehead atoms. The third-order valence-electron chi connectivity index (χ3n) is 3.14. The lowest BCUT2D eigenvalue weighted by Crippen LogP contribution is -2.64. The first-order chi connectivity index (χ1) is 7.41. The number of nitrogens with one attached hydrogen (secondary N) is 1. The zero-order valence-electron chi connectivity index (χ0n) is 10.2. The van der Waals surface area contributed by atoms with Crippen LogP contribution >= 0.6 is 0 Å². The Labute approximate surface area is 96.4 Å². The zero-order valence-corrected chi connectivity index (χ0v) is 10.2. The van der Waals surface area contributed by atoms with Crippen molar-refractivity contribution < 1.29 is 9.59 Å². The second-order valence-electron chi connectivity index (χ2n) is 4.78. The van der Waals surface area contributed by atoms with Crippen LogP contribution in [0.5, 0.6) is 0 Å². The van der Waals surface area contributed by atoms with E-state index in [0.29, 0.717) is 26.1 Å². The van der Waals surface area contributed by atoms with Gasteiger partial charge in [0.15, 0.2) is 0 Å². The third kappa shape index (κ3) is 2.35. The van der Waals surface area contributed by atoms with Gasteiger partial charge in [0.1, 0.15) is 5.54 Å². The topological polar surface area (TPSA) is 75.4 Å². The molecule has 1 aliphatic heterocycles. The Balaban J connectivity index is 2.78. The van der Waals surface area contributed by atoms with Crippen molar-refractivity contribution in [1.29, 1.82) is 0 Å². The zero-order chi connectivity index (χ0) is 12.3. The Hall–Kier alpha value is -1.10. The highest BCUT2D eigenvalue weighted by molar-refractivity contribution is 5.92. The largest absolute Gasteiger partial charge is 0.352 e. The summed E-state index contributed by atoms with van der Waals surface area (Å²) in [6, 6.07) is 0. The average molecular weight is 227 g/mol. The van der Waals surface area contributed by atoms with Gasteiger partial charge in [-0.05, 0) is 26.8 Å². The Morgan fingerprint density at radius 3 is 2.81 bits per heavy atom. The summed E-state index contributed by atoms with van der Waals surface area (Å²) in [6.07, 6.45) is 0.660. The van der Waals surface area contributed by atoms with Crippen molar-refractivity contribution in [3.8, 4) is 0 Å². The van der Waals surface area contributed by atoms with Gasteiger partial charge in [-0.25, -0.2) is 0 Å². The SMILES string of the molecule is CC(CCN)C(=O)N1CCNC(=O)C1(C)C. The fraction of sp³-hybridized carbons (Fsp3) is 0.818. The molecule has 1 rings (SSSR count). The molecule has 1 unspecified atom stereocenters. The number of carbonyl (C=O) groups is 2. The molecule has 3 N–H and O–H groups in total. The Morgan fingerprint density at radius 1 is 1.62 bits per heavy atom. The number of amides is 2. The van der Waals surface area contributed by atoms with E-state index in [-0.39, 0.29) is 17.7 Å². The predicted molar refractivity (Wildman–Crippen MR) is 61.6 cm³/mol. The summed E-state index contributed by atoms with van der Waals surface area (Å²) in [5.74, 6) is -0.187. The van der Waals surface area contributed by atoms with Crippen molar-refractivity contribution in [2.45, 2.75) is 32.7 Å². The predicted octanol–water partition coefficient (Wildman–Crippen LogP) is -0.292. The third-order valence-corrected chi connectivity index (χ3v) is 3.14. The van der Waals surface area contributed by atoms with Crippen LogP contribution in [0.2, 0.25) is 0 Å². The highest BCUT2D eigenvalue weighted by atomic mass is 16.2. The van der Waals surface area contributed by atoms with E-state index in [1.807, 2.05) is 6.92 Å². The molecule has 92 valence electrons. The number of nitrogens with zero attached hydrogens (tertiary/aromatic N) is 1. The minimum absolute atomic E-state index is 0.0188. The number of rotatable bonds is 3. The maximum atomic E-state index is 12.1. The van der Waals surface area contributed by atoms with Crippen molar-refractivity contribution in [2.75, 3.05) is 19.6 Å². The number of carbonyl (C=O) groups excluding carboxylic acids is 2. The molecular weight excluding hydrogens is 206 g/mol. The number of hydrogen-bond acceptors (Lipinski definition) is 3. The second-order valence-corrected chi connectivity index (χ2v) is 4.78. The van der Waals surface area contributed by atoms with Gasteiger partial charge in [-0.2, -0.15) is 0 Å². The van der Waals surface area contributed by atoms with Crippen LogP contribution in [0.4, 0.5) is 0 Å². The van der Waals surface area contributed by atoms with Crippen molar-refractivity contribution in [1.82, 2.24) is 10.2 Å². The van der Waals surface area contributed by atoms with Crippen molar-refractivity contribution >= 4 is 11.8 Å². The fourth-order valence-corrected chi connectivity index (χ4v) is 1.92. The first kappa shape index (κ1) is 13.0. The molecule has 0 radical (unpaired) electrons. The summed E-state index contributed by atoms with van der Waals surface area (Å²) >= 11 is 0. The minimum atomic E-state index is -0.752. The highest BCUT2D eigenvalue weighted by Gasteiger charge is 2.41. The van der Waals surface area contributed by atoms with Gasteiger partial charge in [-0.15, -0.1) is 0 Å². The van der Waals surface area contributed by atoms with Crippen LogP contribution in [0.25, 0.3) is 0 Å². The van der Waals surface area contributed by atoms with E-state index < -0.39 is 5.54 Å². The molecule has 2 amide bonds. The Morgan fingerprint density at radius 2 is 2.25 bits per heavy atom. The molecule has 0 saturated carbocycles. The molecule has 0 aliphatic carbocycles. The summed E-state index contributed by atoms with van der Waals surface area (Å²) in [6.45, 7) is 7.00. The molecule has 0 aromatic carbocycles. The summed E-state index contributed by atoms with van der Waals surface area (Å²) in [4.78, 5) is 25.5. The molecule has 1 aliphatic rings. The first-order valence-electron chi connectivity index (χ1n) is 5.71. The maximum Gasteiger partial charge on any atom is 0.245 e. The van der Waals surface area contributed by atoms with Gasteiger partial charge in [-0.3, -0.25) is 9.59 Å². The van der Waals surface area contributed by atoms with Crippen LogP contribution in [0, 0.1) is 5.92 Å². The molecule has 1 atom stereocenters. The molecule has 1 saturated heterocycles. The van der Waals surface area contributed by atoms with E-state index in [0.717, 1.165) is 0 Å². The molecule has 0 spiro atoms. The standard InChI is InChI=1S/C11H21N3O2/c1-8(4-5-12)9(15)14-7-6-13-10(16)11(14,2)3/h8H,4-7,12H2,1-3H3,(H,13,16). The molecule has 16 heavy (non-hydrogen) atoms. The van der Waals surface area contributed by atoms with E-state index in [1.54, 1.807) is 18.7 Å². The maximum absolute atomic E-state index is 12.1. The van der Waals surface area contributed by atoms with Gasteiger partial charge in [0, 0.05) is 19.0 Å². The summed E-state index contributed by atoms with van der Waals surface area (Å²) < 4.78 is 0. The lowest BCUT2D eigenvalue weighted by molar-refractivity contribution is -0.151. The first-order valence-corrected chi connectivity index (χ1v) is 5.71. The van der Waals surface area contributed by atoms with Crippen LogP contribution in [-0.2, 0) is 9.59 Å². The summed E-state index contributed by atoms with van der Waals surface area (Å²) in [7, 11) is 0. The van der Waals surface area contributed by atoms with Gasteiger partial charge in [0.05, 0.1) is 0 Å². The smallest absolute Gasteiger partial charge is 0.245 e. The molecule has 5 heteroatoms. The van der Waals surface area contributed by atoms with E-state index in [2.05, 4.69) is 5.32 Å². The van der Waals surface area contributed by atoms with Crippen molar-refractivity contribution in [3.63, 3.8) is 0 Å². The average Bonchev–Trinajstić information content (AvgIpc) is 2.21. The fourth-order valence-electron chi connectivity index (χ4n) is 1.92. The Bertz CT molecular complexity index is 289. The minimum Gasteiger partial charge on any atom is -0.352 e. The molecule has 0 aromatic rings. The second kappa shape index (κ2) is 4.82. The molecule has 1 fully saturated rings. The van der Waals surface area contributed by atoms with E-state index in [1.165, 1.54) is 0 Å². The van der Waals surface area contributed by atoms with Gasteiger partial charge in [-0.1, -0.05) is 6.92 Å². The van der Waals surface area contributed by atoms with E-state index in [9.17, 15) is 9.59 Å². The van der Waals surface area contributed by atoms with Gasteiger partial charge in [0.2, 0.25) is 11.8 Å². The number of hydrogen-bond donors (Lipinski definition) is 2. The van der Waals surface area contributed by atoms with Crippen LogP contribution in [0.15, 0.2) is 0 Å². The normalized spacial score (nSPS) is 21.5. The van der Waals surface area contributed by atoms with Crippen LogP contribution in [0.1, 0.15) is 27.2 Å². The van der Waals surface area contributed by atoms with Gasteiger partial charge >= 0.3 is 0 Å². The van der Waals surface area contributed by atoms with Crippen LogP contribution in [-0.4, -0.2) is 41.9 Å². The monoisotopic (exact) mass is 227 g/mol. The number of piperazine rings is 1. The highest BCUT2D eigenvalue weighted by Crippen LogP contribution is 2.21. The van der Waals surface area contributed by atoms with Gasteiger partial charge < -0.3 is 16.0 Å². The lowest BCUT2D eigenvalue weighted by atomic mass is 9.95. The molecule has 1 heterocycles. The molecule has 5 nitrogen and oxygen atoms in total. The van der Waals surface area contributed by atoms with E-state index in [4.69, 9.17) is 5.73 Å². The quantitative estimate of drug-likeness (QED) is 0.695. The Kier molecular flexibility index (Phi) is 3.91. The lowest BCUT2D eigenvalue weighted by Gasteiger charge is -2.42. The molecule has 0 aromatic heterocycles. The summed E-state index contributed by atoms with van der Waals surface area (Å²) in [5.41, 5.74) is 4.69. The summed E-state index contributed by atoms with van der Waals surface area (Å²) in [5, 5.41) is 2.77. The van der Waals surface area contributed by atoms with E-state index >= 15 is 0 Å². The van der Waals surface area contributed by atoms with Gasteiger partial charge in [0.25, 0.3) is 0 Å². The van der Waals surface area contributed by atoms with Crippen molar-refractivity contribution in [2.24, 2.45) is 11.7 Å². The van der Waals surface area contributed by atoms with Crippen LogP contribution in [0.3, 0.4) is 0 Å². The van der Waals surface area contributed by atoms with Crippen molar-refractivity contribution in [3.05, 3.63) is 0 Å².